The molecule has 0 saturated carbocycles. The van der Waals surface area contributed by atoms with Crippen LogP contribution in [0, 0.1) is 0 Å². The van der Waals surface area contributed by atoms with Gasteiger partial charge in [0, 0.05) is 18.9 Å². The Morgan fingerprint density at radius 3 is 2.23 bits per heavy atom. The zero-order valence-electron chi connectivity index (χ0n) is 12.5. The zero-order valence-corrected chi connectivity index (χ0v) is 12.5. The molecular weight excluding hydrogens is 276 g/mol. The first kappa shape index (κ1) is 14.6. The highest BCUT2D eigenvalue weighted by Crippen LogP contribution is 2.44. The zero-order chi connectivity index (χ0) is 15.4. The molecular formula is C18H21N2O2+. The first-order valence-corrected chi connectivity index (χ1v) is 7.69. The maximum Gasteiger partial charge on any atom is 0.407 e. The van der Waals surface area contributed by atoms with Crippen LogP contribution >= 0.6 is 0 Å². The molecule has 0 aromatic heterocycles. The van der Waals surface area contributed by atoms with Crippen LogP contribution in [0.4, 0.5) is 4.79 Å². The molecule has 0 atom stereocenters. The van der Waals surface area contributed by atoms with Gasteiger partial charge in [-0.15, -0.1) is 0 Å². The minimum Gasteiger partial charge on any atom is -0.449 e. The van der Waals surface area contributed by atoms with E-state index in [1.165, 1.54) is 22.3 Å². The average Bonchev–Trinajstić information content (AvgIpc) is 2.87. The van der Waals surface area contributed by atoms with Crippen molar-refractivity contribution in [3.8, 4) is 11.1 Å². The minimum absolute atomic E-state index is 0.117. The summed E-state index contributed by atoms with van der Waals surface area (Å²) in [7, 11) is 0. The molecule has 3 rings (SSSR count). The second kappa shape index (κ2) is 6.62. The number of amides is 1. The summed E-state index contributed by atoms with van der Waals surface area (Å²) in [5.74, 6) is 0.117. The Balaban J connectivity index is 1.73. The third kappa shape index (κ3) is 2.83. The van der Waals surface area contributed by atoms with E-state index in [0.717, 1.165) is 13.0 Å². The molecule has 4 nitrogen and oxygen atoms in total. The number of hydrogen-bond donors (Lipinski definition) is 2. The van der Waals surface area contributed by atoms with Gasteiger partial charge in [0.1, 0.15) is 6.61 Å². The van der Waals surface area contributed by atoms with E-state index in [1.807, 2.05) is 24.3 Å². The molecule has 4 N–H and O–H groups in total. The van der Waals surface area contributed by atoms with Gasteiger partial charge in [-0.2, -0.15) is 0 Å². The first-order chi connectivity index (χ1) is 10.8. The van der Waals surface area contributed by atoms with Crippen LogP contribution < -0.4 is 11.1 Å². The Morgan fingerprint density at radius 1 is 1.05 bits per heavy atom. The van der Waals surface area contributed by atoms with E-state index in [2.05, 4.69) is 35.3 Å². The predicted octanol–water partition coefficient (Wildman–Crippen LogP) is 2.16. The number of hydrogen-bond acceptors (Lipinski definition) is 2. The van der Waals surface area contributed by atoms with Gasteiger partial charge in [0.25, 0.3) is 0 Å². The number of alkyl carbamates (subject to hydrolysis) is 1. The van der Waals surface area contributed by atoms with Gasteiger partial charge in [-0.25, -0.2) is 4.79 Å². The van der Waals surface area contributed by atoms with Crippen LogP contribution in [0.2, 0.25) is 0 Å². The summed E-state index contributed by atoms with van der Waals surface area (Å²) in [5, 5.41) is 2.75. The van der Waals surface area contributed by atoms with Gasteiger partial charge in [-0.3, -0.25) is 0 Å². The molecule has 0 spiro atoms. The van der Waals surface area contributed by atoms with Crippen molar-refractivity contribution in [3.05, 3.63) is 59.7 Å². The number of fused-ring (bicyclic) bond motifs is 3. The van der Waals surface area contributed by atoms with Crippen molar-refractivity contribution < 1.29 is 15.3 Å². The second-order valence-corrected chi connectivity index (χ2v) is 5.46. The fourth-order valence-corrected chi connectivity index (χ4v) is 2.96. The molecule has 0 saturated heterocycles. The van der Waals surface area contributed by atoms with E-state index < -0.39 is 0 Å². The summed E-state index contributed by atoms with van der Waals surface area (Å²) >= 11 is 0. The quantitative estimate of drug-likeness (QED) is 0.831. The van der Waals surface area contributed by atoms with Crippen LogP contribution in [0.15, 0.2) is 48.5 Å². The lowest BCUT2D eigenvalue weighted by molar-refractivity contribution is -0.367. The second-order valence-electron chi connectivity index (χ2n) is 5.46. The third-order valence-corrected chi connectivity index (χ3v) is 4.04. The average molecular weight is 297 g/mol. The molecule has 0 radical (unpaired) electrons. The molecule has 1 aliphatic carbocycles. The van der Waals surface area contributed by atoms with Crippen LogP contribution in [0.25, 0.3) is 11.1 Å². The molecule has 22 heavy (non-hydrogen) atoms. The first-order valence-electron chi connectivity index (χ1n) is 7.69. The van der Waals surface area contributed by atoms with Gasteiger partial charge in [0.2, 0.25) is 0 Å². The van der Waals surface area contributed by atoms with Crippen molar-refractivity contribution in [1.29, 1.82) is 0 Å². The smallest absolute Gasteiger partial charge is 0.407 e. The lowest BCUT2D eigenvalue weighted by Crippen LogP contribution is -2.51. The number of ether oxygens (including phenoxy) is 1. The van der Waals surface area contributed by atoms with Crippen LogP contribution in [0.5, 0.6) is 0 Å². The Labute approximate surface area is 130 Å². The Bertz CT molecular complexity index is 624. The Morgan fingerprint density at radius 2 is 1.64 bits per heavy atom. The molecule has 4 heteroatoms. The molecule has 2 aromatic carbocycles. The van der Waals surface area contributed by atoms with Gasteiger partial charge in [0.15, 0.2) is 0 Å². The van der Waals surface area contributed by atoms with Crippen LogP contribution in [0.1, 0.15) is 23.5 Å². The maximum absolute atomic E-state index is 11.7. The lowest BCUT2D eigenvalue weighted by atomic mass is 9.98. The highest BCUT2D eigenvalue weighted by Gasteiger charge is 2.28. The van der Waals surface area contributed by atoms with Crippen LogP contribution in [-0.2, 0) is 4.74 Å². The molecule has 0 fully saturated rings. The lowest BCUT2D eigenvalue weighted by Gasteiger charge is -2.14. The number of benzene rings is 2. The summed E-state index contributed by atoms with van der Waals surface area (Å²) in [6.45, 7) is 1.79. The summed E-state index contributed by atoms with van der Waals surface area (Å²) in [6.07, 6.45) is 0.514. The fraction of sp³-hybridized carbons (Fsp3) is 0.278. The minimum atomic E-state index is -0.352. The van der Waals surface area contributed by atoms with E-state index >= 15 is 0 Å². The largest absolute Gasteiger partial charge is 0.449 e. The number of rotatable bonds is 5. The monoisotopic (exact) mass is 297 g/mol. The van der Waals surface area contributed by atoms with Gasteiger partial charge in [-0.05, 0) is 22.3 Å². The van der Waals surface area contributed by atoms with Crippen molar-refractivity contribution in [1.82, 2.24) is 5.32 Å². The standard InChI is InChI=1S/C18H20N2O2/c19-10-5-11-20-18(21)22-12-17-15-8-3-1-6-13(15)14-7-2-4-9-16(14)17/h1-4,6-9,17H,5,10-12,19H2,(H,20,21)/p+1. The Kier molecular flexibility index (Phi) is 4.39. The van der Waals surface area contributed by atoms with E-state index in [1.54, 1.807) is 0 Å². The predicted molar refractivity (Wildman–Crippen MR) is 85.4 cm³/mol. The van der Waals surface area contributed by atoms with Crippen molar-refractivity contribution in [3.63, 3.8) is 0 Å². The van der Waals surface area contributed by atoms with Gasteiger partial charge >= 0.3 is 6.09 Å². The van der Waals surface area contributed by atoms with Gasteiger partial charge in [-0.1, -0.05) is 48.5 Å². The molecule has 2 aromatic rings. The van der Waals surface area contributed by atoms with Crippen LogP contribution in [-0.4, -0.2) is 25.8 Å². The highest BCUT2D eigenvalue weighted by molar-refractivity contribution is 5.79. The number of quaternary nitrogens is 1. The van der Waals surface area contributed by atoms with Gasteiger partial charge < -0.3 is 15.8 Å². The molecule has 0 aliphatic heterocycles. The summed E-state index contributed by atoms with van der Waals surface area (Å²) in [5.41, 5.74) is 8.69. The normalized spacial score (nSPS) is 12.6. The van der Waals surface area contributed by atoms with Crippen molar-refractivity contribution in [2.75, 3.05) is 19.7 Å². The van der Waals surface area contributed by atoms with E-state index in [4.69, 9.17) is 4.74 Å². The van der Waals surface area contributed by atoms with Crippen molar-refractivity contribution >= 4 is 6.09 Å². The fourth-order valence-electron chi connectivity index (χ4n) is 2.96. The highest BCUT2D eigenvalue weighted by atomic mass is 16.5. The van der Waals surface area contributed by atoms with E-state index in [0.29, 0.717) is 13.2 Å². The number of carbonyl (C=O) groups excluding carboxylic acids is 1. The SMILES string of the molecule is [NH3+]CCCNC(=O)OCC1c2ccccc2-c2ccccc21. The summed E-state index contributed by atoms with van der Waals surface area (Å²) in [4.78, 5) is 11.7. The van der Waals surface area contributed by atoms with Gasteiger partial charge in [0.05, 0.1) is 6.54 Å². The molecule has 0 unspecified atom stereocenters. The number of carbonyl (C=O) groups is 1. The summed E-state index contributed by atoms with van der Waals surface area (Å²) in [6, 6.07) is 16.6. The van der Waals surface area contributed by atoms with Crippen molar-refractivity contribution in [2.45, 2.75) is 12.3 Å². The van der Waals surface area contributed by atoms with E-state index in [9.17, 15) is 4.79 Å². The van der Waals surface area contributed by atoms with E-state index in [-0.39, 0.29) is 12.0 Å². The molecule has 114 valence electrons. The van der Waals surface area contributed by atoms with Crippen molar-refractivity contribution in [2.24, 2.45) is 0 Å². The topological polar surface area (TPSA) is 66.0 Å². The molecule has 0 heterocycles. The maximum atomic E-state index is 11.7. The third-order valence-electron chi connectivity index (χ3n) is 4.04. The molecule has 0 bridgehead atoms. The number of nitrogens with one attached hydrogen (secondary N) is 1. The molecule has 1 aliphatic rings. The van der Waals surface area contributed by atoms with Crippen LogP contribution in [0.3, 0.4) is 0 Å². The summed E-state index contributed by atoms with van der Waals surface area (Å²) < 4.78 is 5.42. The Hall–Kier alpha value is -2.33. The molecule has 1 amide bonds.